The molecule has 12 heteroatoms. The summed E-state index contributed by atoms with van der Waals surface area (Å²) < 4.78 is 7.34. The molecule has 8 aromatic carbocycles. The van der Waals surface area contributed by atoms with Crippen molar-refractivity contribution in [2.75, 3.05) is 0 Å². The van der Waals surface area contributed by atoms with Crippen molar-refractivity contribution in [3.05, 3.63) is 314 Å². The van der Waals surface area contributed by atoms with Gasteiger partial charge in [0, 0.05) is 88.9 Å². The summed E-state index contributed by atoms with van der Waals surface area (Å²) in [4.78, 5) is 40.1. The van der Waals surface area contributed by atoms with Crippen molar-refractivity contribution >= 4 is 87.3 Å². The van der Waals surface area contributed by atoms with Gasteiger partial charge >= 0.3 is 0 Å². The Morgan fingerprint density at radius 2 is 0.619 bits per heavy atom. The van der Waals surface area contributed by atoms with Crippen molar-refractivity contribution in [3.8, 4) is 0 Å². The number of aromatic nitrogens is 10. The second-order valence-corrected chi connectivity index (χ2v) is 26.2. The number of benzene rings is 8. The highest BCUT2D eigenvalue weighted by atomic mass is 32.1. The molecule has 638 valence electrons. The molecule has 0 amide bonds. The zero-order chi connectivity index (χ0) is 90.6. The van der Waals surface area contributed by atoms with E-state index in [1.807, 2.05) is 287 Å². The van der Waals surface area contributed by atoms with Gasteiger partial charge in [0.2, 0.25) is 0 Å². The van der Waals surface area contributed by atoms with Crippen molar-refractivity contribution in [2.45, 2.75) is 263 Å². The highest BCUT2D eigenvalue weighted by molar-refractivity contribution is 7.11. The second kappa shape index (κ2) is 65.4. The number of nitrogens with zero attached hydrogens (tertiary/aromatic N) is 10. The van der Waals surface area contributed by atoms with Gasteiger partial charge in [-0.15, -0.1) is 11.3 Å². The zero-order valence-corrected chi connectivity index (χ0v) is 81.3. The Morgan fingerprint density at radius 3 is 1.05 bits per heavy atom. The normalized spacial score (nSPS) is 9.14. The summed E-state index contributed by atoms with van der Waals surface area (Å²) in [6.45, 7) is 76.2. The van der Waals surface area contributed by atoms with Gasteiger partial charge in [0.1, 0.15) is 41.1 Å². The van der Waals surface area contributed by atoms with E-state index in [4.69, 9.17) is 4.42 Å². The molecule has 8 aromatic heterocycles. The molecule has 8 heterocycles. The molecule has 0 radical (unpaired) electrons. The first-order chi connectivity index (χ1) is 56.9. The lowest BCUT2D eigenvalue weighted by Crippen LogP contribution is -1.97. The number of pyridine rings is 2. The molecule has 0 fully saturated rings. The molecule has 0 saturated heterocycles. The maximum Gasteiger partial charge on any atom is 0.129 e. The molecule has 0 atom stereocenters. The van der Waals surface area contributed by atoms with Gasteiger partial charge in [-0.1, -0.05) is 289 Å². The van der Waals surface area contributed by atoms with E-state index in [1.54, 1.807) is 6.33 Å². The Kier molecular flexibility index (Phi) is 61.7. The Hall–Kier alpha value is -10.7. The standard InChI is InChI=1S/C16H14.C14H13N.2C11H11N.C10H10N2.C6H9N3.C6H8N2.C6H8O.C6H8S.10C2H6/c1-11-3-7-15-13(9-11)5-6-14-10-12(2)4-8-16(14)15;1-10-7-8-14-12(9-10)11-5-3-4-6-13(11)15(14)2;1-8-7-10-5-3-4-6-11(10)9(2)12-8;1-8-7-9(2)12-11-6-4-3-5-10(8)11;1-7-9-5-3-4-6-10(9)12-8(2)11-7;1-4-7-5(2)9-6(3)8-4;1-5-3-6(2)8-4-7-5;2*1-5-3-4-6(2)7-5;10*1-2/h3-10H,1-2H3;3-9H,1-2H3;2*3-7H,1-2H3;3-6H,1-2H3;1-3H3;3-4H,1-2H3;2*3-4H,1-2H3;10*1-2H3. The fraction of sp³-hybridized carbons (Fsp3) is 0.368. The van der Waals surface area contributed by atoms with Crippen LogP contribution in [0, 0.1) is 125 Å². The molecule has 0 aliphatic rings. The predicted molar refractivity (Wildman–Crippen MR) is 529 cm³/mol. The molecule has 0 aliphatic carbocycles. The summed E-state index contributed by atoms with van der Waals surface area (Å²) in [5.41, 5.74) is 16.4. The smallest absolute Gasteiger partial charge is 0.129 e. The number of para-hydroxylation sites is 3. The third kappa shape index (κ3) is 40.0. The molecule has 11 nitrogen and oxygen atoms in total. The first-order valence-corrected chi connectivity index (χ1v) is 43.9. The molecule has 118 heavy (non-hydrogen) atoms. The molecule has 0 saturated carbocycles. The first-order valence-electron chi connectivity index (χ1n) is 43.0. The van der Waals surface area contributed by atoms with Crippen LogP contribution in [-0.2, 0) is 7.05 Å². The molecule has 0 aliphatic heterocycles. The van der Waals surface area contributed by atoms with Crippen molar-refractivity contribution < 1.29 is 4.42 Å². The maximum atomic E-state index is 5.08. The number of fused-ring (bicyclic) bond motifs is 9. The van der Waals surface area contributed by atoms with Crippen LogP contribution in [0.4, 0.5) is 0 Å². The van der Waals surface area contributed by atoms with Crippen LogP contribution >= 0.6 is 11.3 Å². The quantitative estimate of drug-likeness (QED) is 0.135. The molecule has 16 aromatic rings. The van der Waals surface area contributed by atoms with E-state index in [2.05, 4.69) is 251 Å². The monoisotopic (exact) mass is 1610 g/mol. The predicted octanol–water partition coefficient (Wildman–Crippen LogP) is 32.6. The molecular weight excluding hydrogens is 1460 g/mol. The van der Waals surface area contributed by atoms with Crippen LogP contribution in [0.2, 0.25) is 0 Å². The lowest BCUT2D eigenvalue weighted by Gasteiger charge is -2.05. The molecular formula is C106H152N10OS. The minimum atomic E-state index is 0.792. The van der Waals surface area contributed by atoms with E-state index in [0.29, 0.717) is 0 Å². The summed E-state index contributed by atoms with van der Waals surface area (Å²) in [7, 11) is 2.12. The van der Waals surface area contributed by atoms with E-state index in [0.717, 1.165) is 85.4 Å². The Balaban J connectivity index is -0.00000124. The number of furan rings is 1. The lowest BCUT2D eigenvalue weighted by molar-refractivity contribution is 0.504. The van der Waals surface area contributed by atoms with Gasteiger partial charge in [-0.3, -0.25) is 9.97 Å². The largest absolute Gasteiger partial charge is 0.467 e. The van der Waals surface area contributed by atoms with Crippen LogP contribution in [0.3, 0.4) is 0 Å². The average Bonchev–Trinajstić information content (AvgIpc) is 1.58. The lowest BCUT2D eigenvalue weighted by atomic mass is 9.99. The number of aryl methyl sites for hydroxylation is 19. The summed E-state index contributed by atoms with van der Waals surface area (Å²) in [5.74, 6) is 5.18. The molecule has 0 N–H and O–H groups in total. The van der Waals surface area contributed by atoms with Gasteiger partial charge in [-0.25, -0.2) is 34.9 Å². The van der Waals surface area contributed by atoms with Crippen LogP contribution in [0.25, 0.3) is 75.9 Å². The van der Waals surface area contributed by atoms with Gasteiger partial charge in [0.25, 0.3) is 0 Å². The third-order valence-electron chi connectivity index (χ3n) is 15.9. The Labute approximate surface area is 720 Å². The summed E-state index contributed by atoms with van der Waals surface area (Å²) in [6.07, 6.45) is 1.57. The fourth-order valence-corrected chi connectivity index (χ4v) is 12.3. The van der Waals surface area contributed by atoms with E-state index < -0.39 is 0 Å². The van der Waals surface area contributed by atoms with E-state index >= 15 is 0 Å². The SMILES string of the molecule is CC.CC.CC.CC.CC.CC.CC.CC.CC.CC.Cc1cc(C)c2ccccc2n1.Cc1cc(C)ncn1.Cc1cc2ccccc2c(C)n1.Cc1ccc(C)o1.Cc1ccc(C)s1.Cc1ccc2c(c1)c1ccccc1n2C.Cc1ccc2c(ccc3cc(C)ccc32)c1.Cc1nc(C)c2ccccc2n1.Cc1nc(C)nc(C)n1. The van der Waals surface area contributed by atoms with Crippen molar-refractivity contribution in [1.29, 1.82) is 0 Å². The summed E-state index contributed by atoms with van der Waals surface area (Å²) >= 11 is 1.84. The van der Waals surface area contributed by atoms with Crippen LogP contribution in [0.5, 0.6) is 0 Å². The van der Waals surface area contributed by atoms with Crippen LogP contribution in [-0.4, -0.2) is 49.4 Å². The second-order valence-electron chi connectivity index (χ2n) is 24.7. The van der Waals surface area contributed by atoms with Crippen LogP contribution in [0.1, 0.15) is 239 Å². The number of hydrogen-bond donors (Lipinski definition) is 0. The topological polar surface area (TPSA) is 134 Å². The van der Waals surface area contributed by atoms with Gasteiger partial charge in [-0.2, -0.15) is 0 Å². The average molecular weight is 1610 g/mol. The van der Waals surface area contributed by atoms with E-state index in [-0.39, 0.29) is 0 Å². The number of hydrogen-bond acceptors (Lipinski definition) is 11. The Morgan fingerprint density at radius 1 is 0.254 bits per heavy atom. The Bertz CT molecular complexity index is 4920. The highest BCUT2D eigenvalue weighted by Gasteiger charge is 2.08. The van der Waals surface area contributed by atoms with Crippen LogP contribution < -0.4 is 0 Å². The van der Waals surface area contributed by atoms with E-state index in [1.165, 1.54) is 91.5 Å². The number of thiophene rings is 1. The molecule has 0 spiro atoms. The van der Waals surface area contributed by atoms with Gasteiger partial charge < -0.3 is 8.98 Å². The third-order valence-corrected chi connectivity index (χ3v) is 16.8. The van der Waals surface area contributed by atoms with Crippen molar-refractivity contribution in [1.82, 2.24) is 49.4 Å². The molecule has 0 bridgehead atoms. The van der Waals surface area contributed by atoms with Crippen molar-refractivity contribution in [2.24, 2.45) is 7.05 Å². The summed E-state index contributed by atoms with van der Waals surface area (Å²) in [5, 5.41) is 13.0. The van der Waals surface area contributed by atoms with Gasteiger partial charge in [0.15, 0.2) is 0 Å². The minimum Gasteiger partial charge on any atom is -0.467 e. The maximum absolute atomic E-state index is 5.08. The van der Waals surface area contributed by atoms with E-state index in [9.17, 15) is 0 Å². The number of rotatable bonds is 0. The van der Waals surface area contributed by atoms with Crippen molar-refractivity contribution in [3.63, 3.8) is 0 Å². The summed E-state index contributed by atoms with van der Waals surface area (Å²) in [6, 6.07) is 71.9. The van der Waals surface area contributed by atoms with Gasteiger partial charge in [-0.05, 0) is 230 Å². The zero-order valence-electron chi connectivity index (χ0n) is 80.5. The van der Waals surface area contributed by atoms with Gasteiger partial charge in [0.05, 0.1) is 11.0 Å². The fourth-order valence-electron chi connectivity index (χ4n) is 11.5. The molecule has 0 unspecified atom stereocenters. The minimum absolute atomic E-state index is 0.792. The molecule has 16 rings (SSSR count). The first kappa shape index (κ1) is 111. The highest BCUT2D eigenvalue weighted by Crippen LogP contribution is 2.30. The van der Waals surface area contributed by atoms with Crippen LogP contribution in [0.15, 0.2) is 217 Å².